The summed E-state index contributed by atoms with van der Waals surface area (Å²) in [7, 11) is 1.19. The number of benzene rings is 1. The Morgan fingerprint density at radius 3 is 2.70 bits per heavy atom. The third-order valence-electron chi connectivity index (χ3n) is 4.63. The number of aromatic nitrogens is 1. The number of hydrogen-bond acceptors (Lipinski definition) is 5. The lowest BCUT2D eigenvalue weighted by atomic mass is 9.96. The van der Waals surface area contributed by atoms with E-state index in [2.05, 4.69) is 21.2 Å². The number of primary amides is 1. The van der Waals surface area contributed by atoms with Crippen molar-refractivity contribution in [3.8, 4) is 0 Å². The number of ether oxygens (including phenoxy) is 1. The van der Waals surface area contributed by atoms with Crippen molar-refractivity contribution in [2.75, 3.05) is 12.4 Å². The van der Waals surface area contributed by atoms with E-state index in [1.807, 2.05) is 0 Å². The predicted octanol–water partition coefficient (Wildman–Crippen LogP) is 2.56. The molecule has 1 atom stereocenters. The Kier molecular flexibility index (Phi) is 5.05. The minimum atomic E-state index is -0.803. The summed E-state index contributed by atoms with van der Waals surface area (Å²) in [5, 5.41) is 2.82. The van der Waals surface area contributed by atoms with Gasteiger partial charge < -0.3 is 20.4 Å². The van der Waals surface area contributed by atoms with Gasteiger partial charge in [-0.1, -0.05) is 15.9 Å². The maximum Gasteiger partial charge on any atom is 0.341 e. The molecule has 0 radical (unpaired) electrons. The molecule has 3 N–H and O–H groups in total. The van der Waals surface area contributed by atoms with Crippen LogP contribution in [0.4, 0.5) is 15.8 Å². The molecule has 1 aliphatic heterocycles. The van der Waals surface area contributed by atoms with Crippen LogP contribution in [0.25, 0.3) is 0 Å². The fourth-order valence-corrected chi connectivity index (χ4v) is 3.65. The molecule has 2 heterocycles. The quantitative estimate of drug-likeness (QED) is 0.715. The van der Waals surface area contributed by atoms with Gasteiger partial charge in [-0.2, -0.15) is 0 Å². The highest BCUT2D eigenvalue weighted by atomic mass is 79.9. The van der Waals surface area contributed by atoms with Crippen molar-refractivity contribution in [3.63, 3.8) is 0 Å². The van der Waals surface area contributed by atoms with Crippen molar-refractivity contribution in [3.05, 3.63) is 55.7 Å². The smallest absolute Gasteiger partial charge is 0.341 e. The van der Waals surface area contributed by atoms with Gasteiger partial charge in [0.2, 0.25) is 5.91 Å². The fraction of sp³-hybridized carbons (Fsp3) is 0.278. The van der Waals surface area contributed by atoms with E-state index < -0.39 is 23.6 Å². The second-order valence-corrected chi connectivity index (χ2v) is 7.12. The van der Waals surface area contributed by atoms with Crippen LogP contribution >= 0.6 is 15.9 Å². The molecule has 0 saturated heterocycles. The molecule has 27 heavy (non-hydrogen) atoms. The zero-order valence-electron chi connectivity index (χ0n) is 14.6. The van der Waals surface area contributed by atoms with Gasteiger partial charge in [-0.05, 0) is 31.5 Å². The Morgan fingerprint density at radius 1 is 1.41 bits per heavy atom. The van der Waals surface area contributed by atoms with Gasteiger partial charge in [-0.3, -0.25) is 9.59 Å². The highest BCUT2D eigenvalue weighted by molar-refractivity contribution is 9.10. The van der Waals surface area contributed by atoms with E-state index in [0.29, 0.717) is 10.9 Å². The highest BCUT2D eigenvalue weighted by Crippen LogP contribution is 2.36. The topological polar surface area (TPSA) is 103 Å². The van der Waals surface area contributed by atoms with Crippen molar-refractivity contribution in [1.82, 2.24) is 4.57 Å². The van der Waals surface area contributed by atoms with E-state index in [4.69, 9.17) is 10.5 Å². The van der Waals surface area contributed by atoms with Gasteiger partial charge in [0, 0.05) is 16.6 Å². The second kappa shape index (κ2) is 7.15. The van der Waals surface area contributed by atoms with Crippen LogP contribution in [0.2, 0.25) is 0 Å². The molecule has 9 heteroatoms. The molecule has 2 aromatic rings. The third-order valence-corrected chi connectivity index (χ3v) is 5.13. The molecule has 0 spiro atoms. The average molecular weight is 438 g/mol. The highest BCUT2D eigenvalue weighted by Gasteiger charge is 2.36. The molecule has 1 aromatic carbocycles. The summed E-state index contributed by atoms with van der Waals surface area (Å²) < 4.78 is 21.1. The Bertz CT molecular complexity index is 1020. The first-order valence-electron chi connectivity index (χ1n) is 8.13. The SMILES string of the molecule is COC(=O)c1c(Nc2ccc(Br)cc2F)c(C)c(=O)n2c1C(C(N)=O)CC2. The molecular formula is C18H17BrFN3O4. The standard InChI is InChI=1S/C18H17BrFN3O4/c1-8-14(22-12-4-3-9(19)7-11(12)20)13(18(26)27-2)15-10(16(21)24)5-6-23(15)17(8)25/h3-4,7,10,22H,5-6H2,1-2H3,(H2,21,24). The zero-order chi connectivity index (χ0) is 19.9. The number of nitrogens with one attached hydrogen (secondary N) is 1. The average Bonchev–Trinajstić information content (AvgIpc) is 3.06. The van der Waals surface area contributed by atoms with Crippen LogP contribution in [-0.2, 0) is 16.1 Å². The largest absolute Gasteiger partial charge is 0.465 e. The monoisotopic (exact) mass is 437 g/mol. The normalized spacial score (nSPS) is 15.3. The number of methoxy groups -OCH3 is 1. The predicted molar refractivity (Wildman–Crippen MR) is 101 cm³/mol. The number of esters is 1. The third kappa shape index (κ3) is 3.23. The van der Waals surface area contributed by atoms with Crippen molar-refractivity contribution in [2.24, 2.45) is 5.73 Å². The summed E-state index contributed by atoms with van der Waals surface area (Å²) in [5.74, 6) is -2.76. The Balaban J connectivity index is 2.28. The number of hydrogen-bond donors (Lipinski definition) is 2. The number of carbonyl (C=O) groups is 2. The van der Waals surface area contributed by atoms with E-state index in [1.165, 1.54) is 30.7 Å². The van der Waals surface area contributed by atoms with Crippen LogP contribution in [0, 0.1) is 12.7 Å². The first-order chi connectivity index (χ1) is 12.8. The number of pyridine rings is 1. The lowest BCUT2D eigenvalue weighted by Crippen LogP contribution is -2.29. The van der Waals surface area contributed by atoms with Crippen LogP contribution < -0.4 is 16.6 Å². The van der Waals surface area contributed by atoms with E-state index >= 15 is 0 Å². The number of halogens is 2. The number of amides is 1. The molecule has 0 saturated carbocycles. The molecule has 0 bridgehead atoms. The van der Waals surface area contributed by atoms with E-state index in [0.717, 1.165) is 0 Å². The Morgan fingerprint density at radius 2 is 2.11 bits per heavy atom. The molecule has 142 valence electrons. The summed E-state index contributed by atoms with van der Waals surface area (Å²) in [4.78, 5) is 37.1. The van der Waals surface area contributed by atoms with Gasteiger partial charge in [0.15, 0.2) is 0 Å². The molecule has 1 unspecified atom stereocenters. The number of fused-ring (bicyclic) bond motifs is 1. The van der Waals surface area contributed by atoms with Gasteiger partial charge in [0.25, 0.3) is 5.56 Å². The molecule has 7 nitrogen and oxygen atoms in total. The van der Waals surface area contributed by atoms with Crippen LogP contribution in [0.15, 0.2) is 27.5 Å². The van der Waals surface area contributed by atoms with E-state index in [9.17, 15) is 18.8 Å². The Hall–Kier alpha value is -2.68. The zero-order valence-corrected chi connectivity index (χ0v) is 16.2. The van der Waals surface area contributed by atoms with Crippen LogP contribution in [-0.4, -0.2) is 23.6 Å². The number of nitrogens with zero attached hydrogens (tertiary/aromatic N) is 1. The first-order valence-corrected chi connectivity index (χ1v) is 8.92. The minimum absolute atomic E-state index is 0.0122. The first kappa shape index (κ1) is 19.1. The van der Waals surface area contributed by atoms with Gasteiger partial charge >= 0.3 is 5.97 Å². The lowest BCUT2D eigenvalue weighted by Gasteiger charge is -2.20. The van der Waals surface area contributed by atoms with Crippen molar-refractivity contribution < 1.29 is 18.7 Å². The van der Waals surface area contributed by atoms with Crippen LogP contribution in [0.3, 0.4) is 0 Å². The molecule has 0 fully saturated rings. The van der Waals surface area contributed by atoms with Crippen molar-refractivity contribution in [2.45, 2.75) is 25.8 Å². The number of carbonyl (C=O) groups excluding carboxylic acids is 2. The van der Waals surface area contributed by atoms with Crippen LogP contribution in [0.1, 0.15) is 34.0 Å². The maximum absolute atomic E-state index is 14.3. The Labute approximate surface area is 162 Å². The van der Waals surface area contributed by atoms with Gasteiger partial charge in [-0.15, -0.1) is 0 Å². The summed E-state index contributed by atoms with van der Waals surface area (Å²) in [6.07, 6.45) is 0.310. The fourth-order valence-electron chi connectivity index (χ4n) is 3.32. The molecule has 1 amide bonds. The molecule has 0 aliphatic carbocycles. The number of rotatable bonds is 4. The molecular weight excluding hydrogens is 421 g/mol. The molecule has 1 aliphatic rings. The summed E-state index contributed by atoms with van der Waals surface area (Å²) >= 11 is 3.17. The minimum Gasteiger partial charge on any atom is -0.465 e. The van der Waals surface area contributed by atoms with Gasteiger partial charge in [0.1, 0.15) is 11.4 Å². The molecule has 1 aromatic heterocycles. The van der Waals surface area contributed by atoms with Gasteiger partial charge in [0.05, 0.1) is 30.1 Å². The molecule has 3 rings (SSSR count). The summed E-state index contributed by atoms with van der Waals surface area (Å²) in [6.45, 7) is 1.79. The summed E-state index contributed by atoms with van der Waals surface area (Å²) in [6, 6.07) is 4.34. The lowest BCUT2D eigenvalue weighted by molar-refractivity contribution is -0.119. The summed E-state index contributed by atoms with van der Waals surface area (Å²) in [5.41, 5.74) is 5.69. The maximum atomic E-state index is 14.3. The van der Waals surface area contributed by atoms with Crippen molar-refractivity contribution in [1.29, 1.82) is 0 Å². The van der Waals surface area contributed by atoms with E-state index in [-0.39, 0.29) is 40.3 Å². The second-order valence-electron chi connectivity index (χ2n) is 6.20. The van der Waals surface area contributed by atoms with Crippen molar-refractivity contribution >= 4 is 39.2 Å². The van der Waals surface area contributed by atoms with Gasteiger partial charge in [-0.25, -0.2) is 9.18 Å². The van der Waals surface area contributed by atoms with Crippen LogP contribution in [0.5, 0.6) is 0 Å². The number of anilines is 2. The number of nitrogens with two attached hydrogens (primary N) is 1. The van der Waals surface area contributed by atoms with E-state index in [1.54, 1.807) is 6.07 Å².